The van der Waals surface area contributed by atoms with Crippen molar-refractivity contribution >= 4 is 66.0 Å². The fourth-order valence-electron chi connectivity index (χ4n) is 4.06. The van der Waals surface area contributed by atoms with E-state index in [1.165, 1.54) is 0 Å². The molecule has 0 aliphatic rings. The van der Waals surface area contributed by atoms with Gasteiger partial charge in [-0.3, -0.25) is 4.52 Å². The summed E-state index contributed by atoms with van der Waals surface area (Å²) in [6, 6.07) is 0. The highest BCUT2D eigenvalue weighted by Gasteiger charge is 2.47. The molecule has 0 saturated carbocycles. The first kappa shape index (κ1) is 45.4. The monoisotopic (exact) mass is 766 g/mol. The van der Waals surface area contributed by atoms with Crippen molar-refractivity contribution in [3.05, 3.63) is 0 Å². The number of hydrogen-bond donors (Lipinski definition) is 0. The van der Waals surface area contributed by atoms with Crippen molar-refractivity contribution in [2.45, 2.75) is 162 Å². The second-order valence-corrected chi connectivity index (χ2v) is 51.9. The number of rotatable bonds is 21. The van der Waals surface area contributed by atoms with Crippen molar-refractivity contribution in [3.8, 4) is 0 Å². The van der Waals surface area contributed by atoms with Crippen LogP contribution in [0.3, 0.4) is 0 Å². The molecule has 0 aromatic heterocycles. The lowest BCUT2D eigenvalue weighted by molar-refractivity contribution is -0.0964. The van der Waals surface area contributed by atoms with Gasteiger partial charge in [0.1, 0.15) is 0 Å². The van der Waals surface area contributed by atoms with Gasteiger partial charge in [0.25, 0.3) is 0 Å². The highest BCUT2D eigenvalue weighted by atomic mass is 31.2. The lowest BCUT2D eigenvalue weighted by Crippen LogP contribution is -2.60. The van der Waals surface area contributed by atoms with Crippen molar-refractivity contribution in [3.63, 3.8) is 0 Å². The van der Waals surface area contributed by atoms with Crippen LogP contribution < -0.4 is 0 Å². The molecule has 17 heteroatoms. The lowest BCUT2D eigenvalue weighted by atomic mass is 10.0. The SMILES string of the molecule is C[Si](C)(C)OCC(O[Si](C)(C)C)C(O[Si](C)(C)C)C(O[Si](C)(C)C)C(COP(=O)(O[Si](C)(C)C)O[Si](C)(C)C)O[Si](C)(C)C. The Kier molecular flexibility index (Phi) is 17.0. The Bertz CT molecular complexity index is 890. The summed E-state index contributed by atoms with van der Waals surface area (Å²) in [6.07, 6.45) is -2.02. The molecule has 0 aliphatic carbocycles. The van der Waals surface area contributed by atoms with Crippen LogP contribution in [-0.4, -0.2) is 95.9 Å². The van der Waals surface area contributed by atoms with Crippen LogP contribution in [0.5, 0.6) is 0 Å². The van der Waals surface area contributed by atoms with E-state index in [1.54, 1.807) is 0 Å². The Labute approximate surface area is 279 Å². The predicted octanol–water partition coefficient (Wildman–Crippen LogP) is 9.55. The predicted molar refractivity (Wildman–Crippen MR) is 205 cm³/mol. The molecule has 0 spiro atoms. The van der Waals surface area contributed by atoms with Gasteiger partial charge in [-0.15, -0.1) is 0 Å². The van der Waals surface area contributed by atoms with Gasteiger partial charge < -0.3 is 30.6 Å². The summed E-state index contributed by atoms with van der Waals surface area (Å²) in [4.78, 5) is 0. The minimum Gasteiger partial charge on any atom is -0.415 e. The molecule has 0 radical (unpaired) electrons. The third kappa shape index (κ3) is 23.7. The van der Waals surface area contributed by atoms with Crippen LogP contribution in [0.1, 0.15) is 0 Å². The Hall–Kier alpha value is 1.43. The van der Waals surface area contributed by atoms with E-state index in [4.69, 9.17) is 35.1 Å². The maximum atomic E-state index is 14.2. The Morgan fingerprint density at radius 3 is 0.955 bits per heavy atom. The normalized spacial score (nSPS) is 17.8. The molecule has 9 nitrogen and oxygen atoms in total. The van der Waals surface area contributed by atoms with Crippen molar-refractivity contribution in [2.75, 3.05) is 13.2 Å². The second kappa shape index (κ2) is 16.4. The molecule has 0 aromatic rings. The van der Waals surface area contributed by atoms with E-state index in [0.29, 0.717) is 6.61 Å². The lowest BCUT2D eigenvalue weighted by Gasteiger charge is -2.46. The molecule has 0 heterocycles. The average Bonchev–Trinajstić information content (AvgIpc) is 2.64. The van der Waals surface area contributed by atoms with Gasteiger partial charge in [-0.2, -0.15) is 0 Å². The first-order chi connectivity index (χ1) is 19.0. The Morgan fingerprint density at radius 2 is 0.705 bits per heavy atom. The summed E-state index contributed by atoms with van der Waals surface area (Å²) < 4.78 is 67.1. The van der Waals surface area contributed by atoms with Gasteiger partial charge in [-0.25, -0.2) is 4.57 Å². The first-order valence-electron chi connectivity index (χ1n) is 16.0. The summed E-state index contributed by atoms with van der Waals surface area (Å²) >= 11 is 0. The van der Waals surface area contributed by atoms with Crippen LogP contribution in [0.4, 0.5) is 0 Å². The number of phosphoric acid groups is 1. The van der Waals surface area contributed by atoms with E-state index in [1.807, 2.05) is 39.3 Å². The smallest absolute Gasteiger partial charge is 0.415 e. The summed E-state index contributed by atoms with van der Waals surface area (Å²) in [5.41, 5.74) is 0. The summed E-state index contributed by atoms with van der Waals surface area (Å²) in [6.45, 7) is 44.8. The molecule has 0 saturated heterocycles. The largest absolute Gasteiger partial charge is 0.455 e. The molecule has 0 aliphatic heterocycles. The van der Waals surface area contributed by atoms with Gasteiger partial charge in [0.05, 0.1) is 37.6 Å². The summed E-state index contributed by atoms with van der Waals surface area (Å²) in [7, 11) is -19.0. The van der Waals surface area contributed by atoms with Gasteiger partial charge in [-0.05, 0) is 137 Å². The van der Waals surface area contributed by atoms with E-state index in [0.717, 1.165) is 0 Å². The zero-order chi connectivity index (χ0) is 35.4. The topological polar surface area (TPSA) is 90.9 Å². The Morgan fingerprint density at radius 1 is 0.409 bits per heavy atom. The van der Waals surface area contributed by atoms with Gasteiger partial charge >= 0.3 is 7.82 Å². The zero-order valence-electron chi connectivity index (χ0n) is 32.3. The van der Waals surface area contributed by atoms with E-state index in [9.17, 15) is 4.57 Å². The first-order valence-corrected chi connectivity index (χ1v) is 41.3. The molecule has 44 heavy (non-hydrogen) atoms. The van der Waals surface area contributed by atoms with Crippen molar-refractivity contribution in [1.82, 2.24) is 0 Å². The molecule has 4 atom stereocenters. The quantitative estimate of drug-likeness (QED) is 0.0837. The molecule has 0 bridgehead atoms. The standard InChI is InChI=1S/C27H71O9PSi7/c1-38(2,3)30-23-25(32-40(7,8)9)27(34-42(13,14)15)26(33-41(10,11)12)24(31-39(4,5)6)22-29-37(28,35-43(16,17)18)36-44(19,20)21/h24-27H,22-23H2,1-21H3. The fourth-order valence-corrected chi connectivity index (χ4v) is 15.8. The van der Waals surface area contributed by atoms with Crippen LogP contribution in [-0.2, 0) is 39.6 Å². The van der Waals surface area contributed by atoms with Crippen molar-refractivity contribution < 1.29 is 39.6 Å². The van der Waals surface area contributed by atoms with Gasteiger partial charge in [0, 0.05) is 0 Å². The fraction of sp³-hybridized carbons (Fsp3) is 1.00. The third-order valence-electron chi connectivity index (χ3n) is 4.89. The molecule has 4 unspecified atom stereocenters. The highest BCUT2D eigenvalue weighted by Crippen LogP contribution is 2.54. The molecule has 0 fully saturated rings. The van der Waals surface area contributed by atoms with Crippen LogP contribution >= 0.6 is 7.82 Å². The van der Waals surface area contributed by atoms with Crippen molar-refractivity contribution in [2.24, 2.45) is 0 Å². The Balaban J connectivity index is 7.21. The molecule has 0 rings (SSSR count). The van der Waals surface area contributed by atoms with Gasteiger partial charge in [0.2, 0.25) is 0 Å². The van der Waals surface area contributed by atoms with Crippen LogP contribution in [0.15, 0.2) is 0 Å². The second-order valence-electron chi connectivity index (χ2n) is 18.5. The van der Waals surface area contributed by atoms with Crippen LogP contribution in [0.25, 0.3) is 0 Å². The van der Waals surface area contributed by atoms with Gasteiger partial charge in [0.15, 0.2) is 58.2 Å². The maximum Gasteiger partial charge on any atom is 0.455 e. The molecule has 266 valence electrons. The van der Waals surface area contributed by atoms with E-state index in [2.05, 4.69) is 98.2 Å². The average molecular weight is 767 g/mol. The van der Waals surface area contributed by atoms with Gasteiger partial charge in [-0.1, -0.05) is 0 Å². The van der Waals surface area contributed by atoms with Crippen LogP contribution in [0.2, 0.25) is 137 Å². The van der Waals surface area contributed by atoms with Crippen LogP contribution in [0, 0.1) is 0 Å². The zero-order valence-corrected chi connectivity index (χ0v) is 40.2. The highest BCUT2D eigenvalue weighted by molar-refractivity contribution is 7.52. The van der Waals surface area contributed by atoms with E-state index < -0.39 is 84.4 Å². The van der Waals surface area contributed by atoms with E-state index in [-0.39, 0.29) is 12.7 Å². The molecule has 0 aromatic carbocycles. The molecular formula is C27H71O9PSi7. The maximum absolute atomic E-state index is 14.2. The molecule has 0 N–H and O–H groups in total. The minimum atomic E-state index is -3.90. The minimum absolute atomic E-state index is 0.0221. The summed E-state index contributed by atoms with van der Waals surface area (Å²) in [5, 5.41) is 0. The third-order valence-corrected chi connectivity index (χ3v) is 16.5. The van der Waals surface area contributed by atoms with Crippen molar-refractivity contribution in [1.29, 1.82) is 0 Å². The molecular weight excluding hydrogens is 696 g/mol. The van der Waals surface area contributed by atoms with E-state index >= 15 is 0 Å². The number of hydrogen-bond acceptors (Lipinski definition) is 9. The summed E-state index contributed by atoms with van der Waals surface area (Å²) in [5.74, 6) is 0. The molecule has 0 amide bonds.